The van der Waals surface area contributed by atoms with Crippen LogP contribution in [0.1, 0.15) is 40.2 Å². The predicted octanol–water partition coefficient (Wildman–Crippen LogP) is 1.42. The minimum absolute atomic E-state index is 0.0882. The van der Waals surface area contributed by atoms with Gasteiger partial charge in [-0.1, -0.05) is 78.0 Å². The van der Waals surface area contributed by atoms with Crippen LogP contribution in [-0.2, 0) is 6.54 Å². The van der Waals surface area contributed by atoms with Crippen LogP contribution in [0.25, 0.3) is 0 Å². The molecule has 7 heteroatoms. The Hall–Kier alpha value is -0.803. The number of hydrogen-bond acceptors (Lipinski definition) is 6. The highest BCUT2D eigenvalue weighted by Crippen LogP contribution is 2.76. The number of aliphatic hydroxyl groups is 5. The van der Waals surface area contributed by atoms with Crippen LogP contribution in [0.15, 0.2) is 30.3 Å². The second kappa shape index (κ2) is 5.88. The van der Waals surface area contributed by atoms with Gasteiger partial charge in [0.1, 0.15) is 11.8 Å². The first-order valence-electron chi connectivity index (χ1n) is 9.87. The highest BCUT2D eigenvalue weighted by atomic mass is 28.3. The van der Waals surface area contributed by atoms with Gasteiger partial charge >= 0.3 is 0 Å². The molecule has 1 aromatic rings. The zero-order chi connectivity index (χ0) is 21.6. The maximum atomic E-state index is 12.0. The lowest BCUT2D eigenvalue weighted by molar-refractivity contribution is -0.248. The molecular weight excluding hydrogens is 374 g/mol. The van der Waals surface area contributed by atoms with Gasteiger partial charge in [0.25, 0.3) is 0 Å². The van der Waals surface area contributed by atoms with Gasteiger partial charge in [-0.05, 0) is 10.6 Å². The Morgan fingerprint density at radius 3 is 2.04 bits per heavy atom. The summed E-state index contributed by atoms with van der Waals surface area (Å²) in [7, 11) is -2.61. The van der Waals surface area contributed by atoms with Crippen LogP contribution in [0.5, 0.6) is 0 Å². The number of rotatable bonds is 4. The van der Waals surface area contributed by atoms with Gasteiger partial charge in [-0.15, -0.1) is 0 Å². The molecule has 3 rings (SSSR count). The first-order chi connectivity index (χ1) is 12.5. The molecule has 1 saturated carbocycles. The van der Waals surface area contributed by atoms with E-state index in [1.165, 1.54) is 4.90 Å². The molecule has 5 atom stereocenters. The first kappa shape index (κ1) is 21.9. The molecule has 1 aromatic carbocycles. The van der Waals surface area contributed by atoms with Gasteiger partial charge in [0.05, 0.1) is 13.8 Å². The SMILES string of the molecule is CC1(C)[C@]2(O)[C@@]1(O)C(O)N(Cc1ccccc1)[C@@]2(O)C(O)[Si](C)(C)C(C)(C)C. The van der Waals surface area contributed by atoms with Crippen molar-refractivity contribution in [3.05, 3.63) is 35.9 Å². The second-order valence-corrected chi connectivity index (χ2v) is 16.2. The number of aliphatic hydroxyl groups excluding tert-OH is 2. The van der Waals surface area contributed by atoms with Gasteiger partial charge in [0.15, 0.2) is 11.3 Å². The van der Waals surface area contributed by atoms with Crippen molar-refractivity contribution in [2.75, 3.05) is 0 Å². The Balaban J connectivity index is 2.15. The van der Waals surface area contributed by atoms with Crippen molar-refractivity contribution < 1.29 is 25.5 Å². The van der Waals surface area contributed by atoms with E-state index in [9.17, 15) is 25.5 Å². The minimum Gasteiger partial charge on any atom is -0.392 e. The van der Waals surface area contributed by atoms with Gasteiger partial charge in [-0.2, -0.15) is 0 Å². The maximum absolute atomic E-state index is 12.0. The molecule has 0 bridgehead atoms. The summed E-state index contributed by atoms with van der Waals surface area (Å²) in [5, 5.41) is 57.0. The average Bonchev–Trinajstić information content (AvgIpc) is 2.91. The molecule has 0 amide bonds. The lowest BCUT2D eigenvalue weighted by Gasteiger charge is -2.52. The lowest BCUT2D eigenvalue weighted by atomic mass is 9.94. The van der Waals surface area contributed by atoms with Crippen LogP contribution >= 0.6 is 0 Å². The normalized spacial score (nSPS) is 38.9. The number of hydrogen-bond donors (Lipinski definition) is 5. The van der Waals surface area contributed by atoms with Crippen molar-refractivity contribution in [2.45, 2.75) is 88.2 Å². The molecule has 0 radical (unpaired) electrons. The molecule has 5 N–H and O–H groups in total. The molecule has 1 saturated heterocycles. The molecule has 1 aliphatic heterocycles. The molecule has 0 spiro atoms. The summed E-state index contributed by atoms with van der Waals surface area (Å²) in [6.45, 7) is 13.2. The van der Waals surface area contributed by atoms with Crippen LogP contribution in [0.2, 0.25) is 18.1 Å². The van der Waals surface area contributed by atoms with Crippen LogP contribution in [0.4, 0.5) is 0 Å². The Kier molecular flexibility index (Phi) is 4.60. The Morgan fingerprint density at radius 2 is 1.57 bits per heavy atom. The number of fused-ring (bicyclic) bond motifs is 1. The molecule has 2 aliphatic rings. The molecule has 0 aromatic heterocycles. The summed E-state index contributed by atoms with van der Waals surface area (Å²) in [5.41, 5.74) is -7.87. The number of benzene rings is 1. The third-order valence-electron chi connectivity index (χ3n) is 8.18. The lowest BCUT2D eigenvalue weighted by Crippen LogP contribution is -2.72. The third-order valence-corrected chi connectivity index (χ3v) is 13.8. The van der Waals surface area contributed by atoms with E-state index in [-0.39, 0.29) is 11.6 Å². The van der Waals surface area contributed by atoms with Gasteiger partial charge in [-0.25, -0.2) is 4.90 Å². The summed E-state index contributed by atoms with van der Waals surface area (Å²) in [6.07, 6.45) is -1.52. The van der Waals surface area contributed by atoms with Gasteiger partial charge < -0.3 is 25.5 Å². The van der Waals surface area contributed by atoms with Crippen molar-refractivity contribution in [1.82, 2.24) is 4.90 Å². The van der Waals surface area contributed by atoms with Crippen molar-refractivity contribution in [3.8, 4) is 0 Å². The van der Waals surface area contributed by atoms with Crippen LogP contribution in [0.3, 0.4) is 0 Å². The van der Waals surface area contributed by atoms with E-state index in [0.29, 0.717) is 0 Å². The predicted molar refractivity (Wildman–Crippen MR) is 110 cm³/mol. The molecule has 158 valence electrons. The van der Waals surface area contributed by atoms with Gasteiger partial charge in [0.2, 0.25) is 0 Å². The zero-order valence-electron chi connectivity index (χ0n) is 17.9. The smallest absolute Gasteiger partial charge is 0.176 e. The Bertz CT molecular complexity index is 764. The van der Waals surface area contributed by atoms with Crippen molar-refractivity contribution in [2.24, 2.45) is 5.41 Å². The van der Waals surface area contributed by atoms with Crippen LogP contribution in [-0.4, -0.2) is 67.4 Å². The van der Waals surface area contributed by atoms with Crippen LogP contribution < -0.4 is 0 Å². The minimum atomic E-state index is -2.61. The van der Waals surface area contributed by atoms with E-state index in [2.05, 4.69) is 0 Å². The summed E-state index contributed by atoms with van der Waals surface area (Å²) in [5.74, 6) is 0. The summed E-state index contributed by atoms with van der Waals surface area (Å²) < 4.78 is 0. The van der Waals surface area contributed by atoms with Crippen molar-refractivity contribution in [1.29, 1.82) is 0 Å². The number of nitrogens with zero attached hydrogens (tertiary/aromatic N) is 1. The Labute approximate surface area is 168 Å². The van der Waals surface area contributed by atoms with E-state index in [0.717, 1.165) is 5.56 Å². The average molecular weight is 410 g/mol. The topological polar surface area (TPSA) is 104 Å². The summed E-state index contributed by atoms with van der Waals surface area (Å²) in [4.78, 5) is 1.28. The third kappa shape index (κ3) is 2.18. The highest BCUT2D eigenvalue weighted by molar-refractivity contribution is 6.81. The van der Waals surface area contributed by atoms with Crippen molar-refractivity contribution >= 4 is 8.07 Å². The van der Waals surface area contributed by atoms with Gasteiger partial charge in [-0.3, -0.25) is 0 Å². The standard InChI is InChI=1S/C21H35NO5Si/c1-17(2,3)28(6,7)16(24)20(26)21(27)18(4,5)19(21,25)15(23)22(20)13-14-11-9-8-10-12-14/h8-12,15-16,23-27H,13H2,1-7H3/t15?,16?,19-,20-,21+/m1/s1. The molecular formula is C21H35NO5Si. The van der Waals surface area contributed by atoms with E-state index >= 15 is 0 Å². The molecule has 1 heterocycles. The molecule has 2 unspecified atom stereocenters. The zero-order valence-corrected chi connectivity index (χ0v) is 18.9. The fourth-order valence-electron chi connectivity index (χ4n) is 4.99. The van der Waals surface area contributed by atoms with Crippen molar-refractivity contribution in [3.63, 3.8) is 0 Å². The summed E-state index contributed by atoms with van der Waals surface area (Å²) >= 11 is 0. The second-order valence-electron chi connectivity index (χ2n) is 10.7. The fraction of sp³-hybridized carbons (Fsp3) is 0.714. The highest BCUT2D eigenvalue weighted by Gasteiger charge is 2.99. The first-order valence-corrected chi connectivity index (χ1v) is 12.9. The fourth-order valence-corrected chi connectivity index (χ4v) is 7.19. The molecule has 6 nitrogen and oxygen atoms in total. The van der Waals surface area contributed by atoms with Gasteiger partial charge in [0, 0.05) is 12.0 Å². The maximum Gasteiger partial charge on any atom is 0.176 e. The largest absolute Gasteiger partial charge is 0.392 e. The molecule has 1 aliphatic carbocycles. The van der Waals surface area contributed by atoms with E-state index < -0.39 is 42.4 Å². The van der Waals surface area contributed by atoms with E-state index in [4.69, 9.17) is 0 Å². The monoisotopic (exact) mass is 409 g/mol. The van der Waals surface area contributed by atoms with E-state index in [1.807, 2.05) is 64.2 Å². The van der Waals surface area contributed by atoms with Crippen LogP contribution in [0, 0.1) is 5.41 Å². The van der Waals surface area contributed by atoms with E-state index in [1.54, 1.807) is 13.8 Å². The number of likely N-dealkylation sites (tertiary alicyclic amines) is 1. The molecule has 2 fully saturated rings. The quantitative estimate of drug-likeness (QED) is 0.482. The Morgan fingerprint density at radius 1 is 1.07 bits per heavy atom. The molecule has 28 heavy (non-hydrogen) atoms. The summed E-state index contributed by atoms with van der Waals surface area (Å²) in [6, 6.07) is 9.23. The number of piperidine rings is 1.